The van der Waals surface area contributed by atoms with E-state index in [1.165, 1.54) is 24.3 Å². The highest BCUT2D eigenvalue weighted by Crippen LogP contribution is 2.44. The number of Topliss-reactive ketones (excluding diaryl/α,β-unsaturated/α-hetero) is 1. The van der Waals surface area contributed by atoms with Crippen molar-refractivity contribution in [2.75, 3.05) is 0 Å². The van der Waals surface area contributed by atoms with Gasteiger partial charge in [-0.3, -0.25) is 25.0 Å². The zero-order chi connectivity index (χ0) is 15.9. The van der Waals surface area contributed by atoms with Crippen molar-refractivity contribution in [3.63, 3.8) is 0 Å². The number of nitrogens with zero attached hydrogens (tertiary/aromatic N) is 2. The molecule has 0 unspecified atom stereocenters. The van der Waals surface area contributed by atoms with E-state index in [-0.39, 0.29) is 11.5 Å². The lowest BCUT2D eigenvalue weighted by Crippen LogP contribution is -2.27. The van der Waals surface area contributed by atoms with Gasteiger partial charge in [0.1, 0.15) is 11.7 Å². The molecule has 1 aromatic carbocycles. The Hall–Kier alpha value is -2.77. The van der Waals surface area contributed by atoms with Gasteiger partial charge in [0.2, 0.25) is 0 Å². The highest BCUT2D eigenvalue weighted by atomic mass is 16.7. The maximum Gasteiger partial charge on any atom is 0.364 e. The number of non-ortho nitro benzene ring substituents is 1. The number of nitro groups is 2. The van der Waals surface area contributed by atoms with Crippen LogP contribution in [0.4, 0.5) is 5.69 Å². The smallest absolute Gasteiger partial charge is 0.364 e. The molecule has 0 N–H and O–H groups in total. The molecule has 8 nitrogen and oxygen atoms in total. The summed E-state index contributed by atoms with van der Waals surface area (Å²) in [4.78, 5) is 33.0. The number of ether oxygens (including phenoxy) is 1. The Morgan fingerprint density at radius 3 is 2.36 bits per heavy atom. The predicted molar refractivity (Wildman–Crippen MR) is 73.6 cm³/mol. The summed E-state index contributed by atoms with van der Waals surface area (Å²) in [7, 11) is 0. The van der Waals surface area contributed by atoms with E-state index in [1.54, 1.807) is 0 Å². The van der Waals surface area contributed by atoms with Crippen molar-refractivity contribution in [1.82, 2.24) is 0 Å². The third kappa shape index (κ3) is 2.22. The summed E-state index contributed by atoms with van der Waals surface area (Å²) in [6.45, 7) is 0. The number of hydrogen-bond acceptors (Lipinski definition) is 6. The number of allylic oxidation sites excluding steroid dienone is 1. The molecular weight excluding hydrogens is 292 g/mol. The van der Waals surface area contributed by atoms with Gasteiger partial charge >= 0.3 is 6.23 Å². The molecular formula is C14H12N2O6. The molecule has 3 rings (SSSR count). The Labute approximate surface area is 124 Å². The molecule has 2 atom stereocenters. The maximum absolute atomic E-state index is 12.1. The lowest BCUT2D eigenvalue weighted by molar-refractivity contribution is -0.570. The Morgan fingerprint density at radius 1 is 1.09 bits per heavy atom. The van der Waals surface area contributed by atoms with Gasteiger partial charge in [-0.25, -0.2) is 0 Å². The van der Waals surface area contributed by atoms with Crippen molar-refractivity contribution >= 4 is 11.5 Å². The fourth-order valence-electron chi connectivity index (χ4n) is 2.96. The van der Waals surface area contributed by atoms with Crippen molar-refractivity contribution in [1.29, 1.82) is 0 Å². The van der Waals surface area contributed by atoms with Crippen LogP contribution >= 0.6 is 0 Å². The van der Waals surface area contributed by atoms with Gasteiger partial charge in [0.05, 0.1) is 15.4 Å². The monoisotopic (exact) mass is 304 g/mol. The number of carbonyl (C=O) groups excluding carboxylic acids is 1. The summed E-state index contributed by atoms with van der Waals surface area (Å²) < 4.78 is 5.37. The fraction of sp³-hybridized carbons (Fsp3) is 0.357. The molecule has 1 aromatic rings. The molecule has 0 radical (unpaired) electrons. The lowest BCUT2D eigenvalue weighted by atomic mass is 9.83. The molecule has 0 bridgehead atoms. The summed E-state index contributed by atoms with van der Waals surface area (Å²) in [6, 6.07) is 5.44. The topological polar surface area (TPSA) is 113 Å². The first-order chi connectivity index (χ1) is 10.5. The van der Waals surface area contributed by atoms with Gasteiger partial charge in [0.25, 0.3) is 5.69 Å². The third-order valence-corrected chi connectivity index (χ3v) is 3.94. The van der Waals surface area contributed by atoms with Crippen LogP contribution in [0.1, 0.15) is 30.7 Å². The second-order valence-electron chi connectivity index (χ2n) is 5.23. The van der Waals surface area contributed by atoms with Crippen LogP contribution < -0.4 is 0 Å². The van der Waals surface area contributed by atoms with Gasteiger partial charge in [-0.1, -0.05) is 12.1 Å². The zero-order valence-electron chi connectivity index (χ0n) is 11.4. The molecule has 22 heavy (non-hydrogen) atoms. The number of rotatable bonds is 3. The number of benzene rings is 1. The summed E-state index contributed by atoms with van der Waals surface area (Å²) in [5.41, 5.74) is 0.721. The van der Waals surface area contributed by atoms with Gasteiger partial charge in [-0.2, -0.15) is 0 Å². The van der Waals surface area contributed by atoms with Crippen LogP contribution in [0.25, 0.3) is 0 Å². The van der Waals surface area contributed by atoms with Crippen LogP contribution in [-0.4, -0.2) is 21.9 Å². The molecule has 0 spiro atoms. The molecule has 1 heterocycles. The molecule has 0 aromatic heterocycles. The van der Waals surface area contributed by atoms with E-state index in [0.29, 0.717) is 36.2 Å². The summed E-state index contributed by atoms with van der Waals surface area (Å²) in [5.74, 6) is -0.561. The van der Waals surface area contributed by atoms with E-state index >= 15 is 0 Å². The normalized spacial score (nSPS) is 23.9. The first-order valence-electron chi connectivity index (χ1n) is 6.80. The molecule has 114 valence electrons. The standard InChI is InChI=1S/C14H12N2O6/c17-10-2-1-3-11-13(10)12(14(22-11)16(20)21)8-4-6-9(7-5-8)15(18)19/h4-7,12,14H,1-3H2/t12-,14-/m0/s1. The van der Waals surface area contributed by atoms with Gasteiger partial charge < -0.3 is 4.74 Å². The van der Waals surface area contributed by atoms with Gasteiger partial charge in [0.15, 0.2) is 5.78 Å². The molecule has 0 saturated heterocycles. The second kappa shape index (κ2) is 5.21. The van der Waals surface area contributed by atoms with Crippen molar-refractivity contribution < 1.29 is 19.4 Å². The van der Waals surface area contributed by atoms with Crippen LogP contribution in [-0.2, 0) is 9.53 Å². The van der Waals surface area contributed by atoms with Crippen LogP contribution in [0.2, 0.25) is 0 Å². The molecule has 2 aliphatic rings. The van der Waals surface area contributed by atoms with Crippen molar-refractivity contribution in [2.24, 2.45) is 0 Å². The van der Waals surface area contributed by atoms with Crippen molar-refractivity contribution in [2.45, 2.75) is 31.4 Å². The Kier molecular flexibility index (Phi) is 3.36. The van der Waals surface area contributed by atoms with Gasteiger partial charge in [-0.05, 0) is 12.0 Å². The number of carbonyl (C=O) groups is 1. The molecule has 0 saturated carbocycles. The van der Waals surface area contributed by atoms with Crippen LogP contribution in [0.5, 0.6) is 0 Å². The van der Waals surface area contributed by atoms with E-state index in [0.717, 1.165) is 0 Å². The maximum atomic E-state index is 12.1. The summed E-state index contributed by atoms with van der Waals surface area (Å²) in [6.07, 6.45) is 0.119. The largest absolute Gasteiger partial charge is 0.433 e. The summed E-state index contributed by atoms with van der Waals surface area (Å²) in [5, 5.41) is 21.9. The molecule has 0 amide bonds. The molecule has 0 fully saturated rings. The van der Waals surface area contributed by atoms with Gasteiger partial charge in [0, 0.05) is 25.0 Å². The minimum Gasteiger partial charge on any atom is -0.433 e. The van der Waals surface area contributed by atoms with Crippen LogP contribution in [0.3, 0.4) is 0 Å². The van der Waals surface area contributed by atoms with Crippen molar-refractivity contribution in [3.05, 3.63) is 61.4 Å². The highest BCUT2D eigenvalue weighted by molar-refractivity contribution is 5.98. The number of nitro benzene ring substituents is 1. The number of ketones is 1. The first-order valence-corrected chi connectivity index (χ1v) is 6.80. The van der Waals surface area contributed by atoms with Crippen LogP contribution in [0, 0.1) is 20.2 Å². The van der Waals surface area contributed by atoms with Crippen LogP contribution in [0.15, 0.2) is 35.6 Å². The Balaban J connectivity index is 2.03. The van der Waals surface area contributed by atoms with Gasteiger partial charge in [-0.15, -0.1) is 0 Å². The van der Waals surface area contributed by atoms with E-state index in [2.05, 4.69) is 0 Å². The minimum atomic E-state index is -1.35. The molecule has 1 aliphatic heterocycles. The second-order valence-corrected chi connectivity index (χ2v) is 5.23. The fourth-order valence-corrected chi connectivity index (χ4v) is 2.96. The predicted octanol–water partition coefficient (Wildman–Crippen LogP) is 2.32. The van der Waals surface area contributed by atoms with E-state index < -0.39 is 22.0 Å². The SMILES string of the molecule is O=C1CCCC2=C1[C@H](c1ccc([N+](=O)[O-])cc1)[C@@H]([N+](=O)[O-])O2. The average molecular weight is 304 g/mol. The molecule has 8 heteroatoms. The average Bonchev–Trinajstić information content (AvgIpc) is 2.88. The van der Waals surface area contributed by atoms with E-state index in [9.17, 15) is 25.0 Å². The lowest BCUT2D eigenvalue weighted by Gasteiger charge is -2.15. The number of hydrogen-bond donors (Lipinski definition) is 0. The Bertz CT molecular complexity index is 694. The summed E-state index contributed by atoms with van der Waals surface area (Å²) >= 11 is 0. The van der Waals surface area contributed by atoms with Crippen molar-refractivity contribution in [3.8, 4) is 0 Å². The Morgan fingerprint density at radius 2 is 1.77 bits per heavy atom. The highest BCUT2D eigenvalue weighted by Gasteiger charge is 2.48. The molecule has 1 aliphatic carbocycles. The van der Waals surface area contributed by atoms with E-state index in [1.807, 2.05) is 0 Å². The minimum absolute atomic E-state index is 0.107. The third-order valence-electron chi connectivity index (χ3n) is 3.94. The quantitative estimate of drug-likeness (QED) is 0.625. The van der Waals surface area contributed by atoms with E-state index in [4.69, 9.17) is 4.74 Å². The first kappa shape index (κ1) is 14.2. The zero-order valence-corrected chi connectivity index (χ0v) is 11.4.